The van der Waals surface area contributed by atoms with Gasteiger partial charge >= 0.3 is 0 Å². The lowest BCUT2D eigenvalue weighted by Crippen LogP contribution is -1.94. The molecule has 1 aromatic carbocycles. The van der Waals surface area contributed by atoms with E-state index in [0.29, 0.717) is 0 Å². The molecule has 0 unspecified atom stereocenters. The second kappa shape index (κ2) is 5.65. The summed E-state index contributed by atoms with van der Waals surface area (Å²) in [5.74, 6) is 0.869. The van der Waals surface area contributed by atoms with Gasteiger partial charge in [0.1, 0.15) is 15.5 Å². The van der Waals surface area contributed by atoms with Crippen molar-refractivity contribution in [1.82, 2.24) is 9.97 Å². The van der Waals surface area contributed by atoms with E-state index in [1.54, 1.807) is 11.8 Å². The van der Waals surface area contributed by atoms with Crippen molar-refractivity contribution < 1.29 is 0 Å². The van der Waals surface area contributed by atoms with Gasteiger partial charge in [0, 0.05) is 17.4 Å². The molecule has 2 nitrogen and oxygen atoms in total. The maximum atomic E-state index is 4.49. The first-order valence-electron chi connectivity index (χ1n) is 5.45. The summed E-state index contributed by atoms with van der Waals surface area (Å²) < 4.78 is 0.846. The van der Waals surface area contributed by atoms with Gasteiger partial charge in [-0.3, -0.25) is 0 Å². The lowest BCUT2D eigenvalue weighted by Gasteiger charge is -2.04. The largest absolute Gasteiger partial charge is 0.226 e. The topological polar surface area (TPSA) is 25.8 Å². The summed E-state index contributed by atoms with van der Waals surface area (Å²) in [6, 6.07) is 10.4. The zero-order valence-electron chi connectivity index (χ0n) is 9.77. The average Bonchev–Trinajstić information content (AvgIpc) is 2.31. The van der Waals surface area contributed by atoms with Crippen molar-refractivity contribution >= 4 is 27.7 Å². The fourth-order valence-corrected chi connectivity index (χ4v) is 2.79. The highest BCUT2D eigenvalue weighted by molar-refractivity contribution is 9.10. The lowest BCUT2D eigenvalue weighted by atomic mass is 10.2. The molecule has 0 saturated carbocycles. The Hall–Kier alpha value is -0.870. The fourth-order valence-electron chi connectivity index (χ4n) is 1.38. The van der Waals surface area contributed by atoms with Gasteiger partial charge in [0.2, 0.25) is 0 Å². The number of aryl methyl sites for hydroxylation is 2. The number of nitrogens with zero attached hydrogens (tertiary/aromatic N) is 2. The summed E-state index contributed by atoms with van der Waals surface area (Å²) in [5.41, 5.74) is 1.27. The van der Waals surface area contributed by atoms with Gasteiger partial charge in [0.05, 0.1) is 0 Å². The Balaban J connectivity index is 2.23. The third kappa shape index (κ3) is 3.54. The molecule has 4 heteroatoms. The molecule has 1 heterocycles. The second-order valence-corrected chi connectivity index (χ2v) is 5.62. The molecule has 0 aliphatic rings. The van der Waals surface area contributed by atoms with Crippen molar-refractivity contribution in [1.29, 1.82) is 0 Å². The van der Waals surface area contributed by atoms with Gasteiger partial charge < -0.3 is 0 Å². The number of hydrogen-bond donors (Lipinski definition) is 0. The van der Waals surface area contributed by atoms with Crippen LogP contribution in [0, 0.1) is 6.92 Å². The van der Waals surface area contributed by atoms with Crippen LogP contribution in [0.1, 0.15) is 18.3 Å². The van der Waals surface area contributed by atoms with Crippen LogP contribution in [0.3, 0.4) is 0 Å². The summed E-state index contributed by atoms with van der Waals surface area (Å²) in [6.07, 6.45) is 0.848. The summed E-state index contributed by atoms with van der Waals surface area (Å²) in [6.45, 7) is 4.15. The zero-order valence-corrected chi connectivity index (χ0v) is 12.2. The van der Waals surface area contributed by atoms with E-state index in [4.69, 9.17) is 0 Å². The monoisotopic (exact) mass is 308 g/mol. The number of aromatic nitrogens is 2. The van der Waals surface area contributed by atoms with Gasteiger partial charge in [0.25, 0.3) is 0 Å². The minimum atomic E-state index is 0.846. The lowest BCUT2D eigenvalue weighted by molar-refractivity contribution is 0.877. The standard InChI is InChI=1S/C13H13BrN2S/c1-3-12-15-11(14)8-13(16-12)17-10-6-4-9(2)5-7-10/h4-8H,3H2,1-2H3. The Kier molecular flexibility index (Phi) is 4.18. The van der Waals surface area contributed by atoms with E-state index < -0.39 is 0 Å². The van der Waals surface area contributed by atoms with Gasteiger partial charge in [-0.25, -0.2) is 9.97 Å². The number of rotatable bonds is 3. The van der Waals surface area contributed by atoms with Crippen LogP contribution < -0.4 is 0 Å². The van der Waals surface area contributed by atoms with Crippen LogP contribution in [0.2, 0.25) is 0 Å². The molecule has 0 N–H and O–H groups in total. The van der Waals surface area contributed by atoms with E-state index in [9.17, 15) is 0 Å². The Morgan fingerprint density at radius 2 is 1.88 bits per heavy atom. The van der Waals surface area contributed by atoms with Gasteiger partial charge in [0.15, 0.2) is 0 Å². The van der Waals surface area contributed by atoms with Crippen LogP contribution in [0.15, 0.2) is 44.9 Å². The van der Waals surface area contributed by atoms with E-state index in [2.05, 4.69) is 64.0 Å². The number of benzene rings is 1. The summed E-state index contributed by atoms with van der Waals surface area (Å²) >= 11 is 5.07. The highest BCUT2D eigenvalue weighted by atomic mass is 79.9. The molecule has 0 saturated heterocycles. The zero-order chi connectivity index (χ0) is 12.3. The molecular weight excluding hydrogens is 296 g/mol. The smallest absolute Gasteiger partial charge is 0.130 e. The van der Waals surface area contributed by atoms with E-state index in [1.807, 2.05) is 6.07 Å². The summed E-state index contributed by atoms with van der Waals surface area (Å²) in [4.78, 5) is 9.99. The molecule has 17 heavy (non-hydrogen) atoms. The van der Waals surface area contributed by atoms with Crippen molar-refractivity contribution in [2.45, 2.75) is 30.2 Å². The third-order valence-electron chi connectivity index (χ3n) is 2.28. The molecule has 0 atom stereocenters. The first kappa shape index (κ1) is 12.6. The van der Waals surface area contributed by atoms with E-state index in [-0.39, 0.29) is 0 Å². The SMILES string of the molecule is CCc1nc(Br)cc(Sc2ccc(C)cc2)n1. The average molecular weight is 309 g/mol. The quantitative estimate of drug-likeness (QED) is 0.792. The molecule has 2 aromatic rings. The molecule has 0 aliphatic heterocycles. The molecular formula is C13H13BrN2S. The van der Waals surface area contributed by atoms with Crippen molar-refractivity contribution in [2.24, 2.45) is 0 Å². The minimum absolute atomic E-state index is 0.846. The van der Waals surface area contributed by atoms with Crippen LogP contribution in [-0.2, 0) is 6.42 Å². The molecule has 88 valence electrons. The molecule has 1 aromatic heterocycles. The maximum absolute atomic E-state index is 4.49. The Morgan fingerprint density at radius 1 is 1.18 bits per heavy atom. The van der Waals surface area contributed by atoms with Crippen LogP contribution in [-0.4, -0.2) is 9.97 Å². The van der Waals surface area contributed by atoms with Crippen LogP contribution >= 0.6 is 27.7 Å². The molecule has 2 rings (SSSR count). The fraction of sp³-hybridized carbons (Fsp3) is 0.231. The van der Waals surface area contributed by atoms with Gasteiger partial charge in [-0.05, 0) is 35.0 Å². The molecule has 0 bridgehead atoms. The Labute approximate surface area is 114 Å². The van der Waals surface area contributed by atoms with Gasteiger partial charge in [-0.15, -0.1) is 0 Å². The van der Waals surface area contributed by atoms with Crippen molar-refractivity contribution in [3.05, 3.63) is 46.3 Å². The maximum Gasteiger partial charge on any atom is 0.130 e. The first-order chi connectivity index (χ1) is 8.17. The number of halogens is 1. The van der Waals surface area contributed by atoms with Crippen LogP contribution in [0.5, 0.6) is 0 Å². The molecule has 0 spiro atoms. The second-order valence-electron chi connectivity index (χ2n) is 3.71. The molecule has 0 amide bonds. The highest BCUT2D eigenvalue weighted by Gasteiger charge is 2.03. The predicted octanol–water partition coefficient (Wildman–Crippen LogP) is 4.26. The van der Waals surface area contributed by atoms with Crippen molar-refractivity contribution in [3.63, 3.8) is 0 Å². The number of hydrogen-bond acceptors (Lipinski definition) is 3. The highest BCUT2D eigenvalue weighted by Crippen LogP contribution is 2.27. The molecule has 0 aliphatic carbocycles. The first-order valence-corrected chi connectivity index (χ1v) is 7.06. The van der Waals surface area contributed by atoms with Crippen LogP contribution in [0.4, 0.5) is 0 Å². The van der Waals surface area contributed by atoms with E-state index >= 15 is 0 Å². The molecule has 0 radical (unpaired) electrons. The summed E-state index contributed by atoms with van der Waals surface area (Å²) in [5, 5.41) is 0.979. The van der Waals surface area contributed by atoms with Crippen LogP contribution in [0.25, 0.3) is 0 Å². The summed E-state index contributed by atoms with van der Waals surface area (Å²) in [7, 11) is 0. The molecule has 0 fully saturated rings. The van der Waals surface area contributed by atoms with Crippen molar-refractivity contribution in [2.75, 3.05) is 0 Å². The van der Waals surface area contributed by atoms with Gasteiger partial charge in [-0.2, -0.15) is 0 Å². The van der Waals surface area contributed by atoms with Crippen molar-refractivity contribution in [3.8, 4) is 0 Å². The van der Waals surface area contributed by atoms with Gasteiger partial charge in [-0.1, -0.05) is 36.4 Å². The Bertz CT molecular complexity index is 511. The van der Waals surface area contributed by atoms with E-state index in [0.717, 1.165) is 21.9 Å². The third-order valence-corrected chi connectivity index (χ3v) is 3.61. The minimum Gasteiger partial charge on any atom is -0.226 e. The predicted molar refractivity (Wildman–Crippen MR) is 74.4 cm³/mol. The normalized spacial score (nSPS) is 10.5. The Morgan fingerprint density at radius 3 is 2.53 bits per heavy atom. The van der Waals surface area contributed by atoms with E-state index in [1.165, 1.54) is 10.5 Å².